The molecule has 1 saturated heterocycles. The van der Waals surface area contributed by atoms with Gasteiger partial charge >= 0.3 is 0 Å². The maximum absolute atomic E-state index is 13.0. The van der Waals surface area contributed by atoms with Crippen LogP contribution < -0.4 is 15.2 Å². The number of nitrogen functional groups attached to an aromatic ring is 1. The van der Waals surface area contributed by atoms with Gasteiger partial charge in [-0.25, -0.2) is 4.98 Å². The summed E-state index contributed by atoms with van der Waals surface area (Å²) in [5, 5.41) is 5.76. The van der Waals surface area contributed by atoms with Crippen LogP contribution in [0.3, 0.4) is 0 Å². The van der Waals surface area contributed by atoms with E-state index in [1.54, 1.807) is 14.2 Å². The fourth-order valence-corrected chi connectivity index (χ4v) is 5.34. The van der Waals surface area contributed by atoms with Crippen LogP contribution in [0.1, 0.15) is 74.2 Å². The van der Waals surface area contributed by atoms with E-state index in [4.69, 9.17) is 20.3 Å². The lowest BCUT2D eigenvalue weighted by molar-refractivity contribution is -0.133. The number of pyridine rings is 1. The number of carbonyl (C=O) groups is 1. The first-order valence-electron chi connectivity index (χ1n) is 13.4. The fourth-order valence-electron chi connectivity index (χ4n) is 5.34. The van der Waals surface area contributed by atoms with Gasteiger partial charge in [-0.3, -0.25) is 9.48 Å². The Morgan fingerprint density at radius 3 is 2.61 bits per heavy atom. The van der Waals surface area contributed by atoms with Crippen molar-refractivity contribution in [2.75, 3.05) is 33.0 Å². The lowest BCUT2D eigenvalue weighted by Crippen LogP contribution is -2.40. The number of fused-ring (bicyclic) bond motifs is 3. The number of carbonyl (C=O) groups excluding carboxylic acids is 1. The summed E-state index contributed by atoms with van der Waals surface area (Å²) in [5.74, 6) is 8.44. The van der Waals surface area contributed by atoms with Gasteiger partial charge in [-0.05, 0) is 50.2 Å². The summed E-state index contributed by atoms with van der Waals surface area (Å²) in [5.41, 5.74) is 9.67. The van der Waals surface area contributed by atoms with Crippen LogP contribution in [-0.2, 0) is 4.79 Å². The fraction of sp³-hybridized carbons (Fsp3) is 0.433. The van der Waals surface area contributed by atoms with Crippen molar-refractivity contribution >= 4 is 28.7 Å². The van der Waals surface area contributed by atoms with Crippen molar-refractivity contribution in [3.05, 3.63) is 47.3 Å². The molecule has 38 heavy (non-hydrogen) atoms. The highest BCUT2D eigenvalue weighted by Crippen LogP contribution is 2.33. The molecule has 3 aromatic rings. The third-order valence-corrected chi connectivity index (χ3v) is 7.36. The molecular weight excluding hydrogens is 478 g/mol. The van der Waals surface area contributed by atoms with Crippen molar-refractivity contribution in [1.29, 1.82) is 0 Å². The largest absolute Gasteiger partial charge is 0.497 e. The number of amides is 1. The van der Waals surface area contributed by atoms with Crippen LogP contribution in [0.15, 0.2) is 30.5 Å². The number of nitrogens with two attached hydrogens (primary N) is 1. The first-order valence-corrected chi connectivity index (χ1v) is 13.4. The SMILES string of the molecule is COc1cc(C#Cc2nn3c4c(cnc(N)c24)/C=C/CCCCCCC(=O)N2CCC[C@@H]3C2)cc(OC)c1. The van der Waals surface area contributed by atoms with Gasteiger partial charge in [0.1, 0.15) is 23.0 Å². The number of hydrogen-bond donors (Lipinski definition) is 1. The quantitative estimate of drug-likeness (QED) is 0.487. The number of anilines is 1. The molecule has 2 aliphatic rings. The summed E-state index contributed by atoms with van der Waals surface area (Å²) in [4.78, 5) is 19.5. The standard InChI is InChI=1S/C30H35N5O3/c1-37-24-16-21(17-25(18-24)38-2)13-14-26-28-29-22(19-32-30(28)31)10-7-5-3-4-6-8-12-27(36)34-15-9-11-23(20-34)35(29)33-26/h7,10,16-19,23H,3-6,8-9,11-12,15,20H2,1-2H3,(H2,31,32)/b10-7+/t23-/m1/s1. The van der Waals surface area contributed by atoms with Gasteiger partial charge in [0.25, 0.3) is 0 Å². The number of nitrogens with zero attached hydrogens (tertiary/aromatic N) is 4. The molecule has 0 saturated carbocycles. The van der Waals surface area contributed by atoms with Crippen LogP contribution in [0.4, 0.5) is 5.82 Å². The van der Waals surface area contributed by atoms with Crippen LogP contribution in [-0.4, -0.2) is 52.9 Å². The number of rotatable bonds is 2. The minimum absolute atomic E-state index is 0.0433. The zero-order valence-electron chi connectivity index (χ0n) is 22.2. The van der Waals surface area contributed by atoms with Gasteiger partial charge in [0.2, 0.25) is 5.91 Å². The molecule has 0 unspecified atom stereocenters. The average molecular weight is 514 g/mol. The maximum atomic E-state index is 13.0. The molecule has 1 amide bonds. The van der Waals surface area contributed by atoms with Gasteiger partial charge in [0.15, 0.2) is 0 Å². The lowest BCUT2D eigenvalue weighted by Gasteiger charge is -2.33. The van der Waals surface area contributed by atoms with E-state index in [2.05, 4.69) is 29.0 Å². The molecule has 2 bridgehead atoms. The van der Waals surface area contributed by atoms with E-state index < -0.39 is 0 Å². The number of aromatic nitrogens is 3. The first-order chi connectivity index (χ1) is 18.6. The number of piperidine rings is 1. The number of methoxy groups -OCH3 is 2. The molecule has 1 atom stereocenters. The van der Waals surface area contributed by atoms with Crippen LogP contribution in [0.5, 0.6) is 11.5 Å². The highest BCUT2D eigenvalue weighted by atomic mass is 16.5. The summed E-state index contributed by atoms with van der Waals surface area (Å²) in [6.07, 6.45) is 13.9. The van der Waals surface area contributed by atoms with E-state index in [0.29, 0.717) is 36.0 Å². The van der Waals surface area contributed by atoms with Crippen molar-refractivity contribution in [2.24, 2.45) is 0 Å². The maximum Gasteiger partial charge on any atom is 0.222 e. The van der Waals surface area contributed by atoms with E-state index in [0.717, 1.165) is 73.5 Å². The summed E-state index contributed by atoms with van der Waals surface area (Å²) in [6, 6.07) is 5.57. The van der Waals surface area contributed by atoms with Gasteiger partial charge in [0.05, 0.1) is 31.2 Å². The summed E-state index contributed by atoms with van der Waals surface area (Å²) < 4.78 is 12.8. The van der Waals surface area contributed by atoms with Gasteiger partial charge in [0, 0.05) is 42.9 Å². The Balaban J connectivity index is 1.63. The predicted octanol–water partition coefficient (Wildman–Crippen LogP) is 4.96. The Labute approximate surface area is 223 Å². The normalized spacial score (nSPS) is 19.2. The van der Waals surface area contributed by atoms with E-state index in [1.807, 2.05) is 34.0 Å². The van der Waals surface area contributed by atoms with Gasteiger partial charge in [-0.2, -0.15) is 5.10 Å². The predicted molar refractivity (Wildman–Crippen MR) is 149 cm³/mol. The van der Waals surface area contributed by atoms with E-state index in [1.165, 1.54) is 0 Å². The van der Waals surface area contributed by atoms with Crippen molar-refractivity contribution < 1.29 is 14.3 Å². The van der Waals surface area contributed by atoms with E-state index in [9.17, 15) is 4.79 Å². The number of benzene rings is 1. The van der Waals surface area contributed by atoms with Crippen LogP contribution in [0, 0.1) is 11.8 Å². The highest BCUT2D eigenvalue weighted by molar-refractivity contribution is 5.98. The smallest absolute Gasteiger partial charge is 0.222 e. The molecule has 8 heteroatoms. The summed E-state index contributed by atoms with van der Waals surface area (Å²) in [7, 11) is 3.23. The molecule has 8 nitrogen and oxygen atoms in total. The van der Waals surface area contributed by atoms with Crippen molar-refractivity contribution in [1.82, 2.24) is 19.7 Å². The molecular formula is C30H35N5O3. The Morgan fingerprint density at radius 2 is 1.82 bits per heavy atom. The summed E-state index contributed by atoms with van der Waals surface area (Å²) >= 11 is 0. The van der Waals surface area contributed by atoms with E-state index >= 15 is 0 Å². The van der Waals surface area contributed by atoms with Crippen LogP contribution >= 0.6 is 0 Å². The lowest BCUT2D eigenvalue weighted by atomic mass is 10.0. The number of allylic oxidation sites excluding steroid dienone is 1. The zero-order chi connectivity index (χ0) is 26.5. The third-order valence-electron chi connectivity index (χ3n) is 7.36. The monoisotopic (exact) mass is 513 g/mol. The second-order valence-electron chi connectivity index (χ2n) is 9.96. The molecule has 0 aliphatic carbocycles. The molecule has 1 fully saturated rings. The Bertz CT molecular complexity index is 1390. The van der Waals surface area contributed by atoms with Crippen molar-refractivity contribution in [2.45, 2.75) is 57.4 Å². The van der Waals surface area contributed by atoms with E-state index in [-0.39, 0.29) is 11.9 Å². The Kier molecular flexibility index (Phi) is 7.83. The average Bonchev–Trinajstić information content (AvgIpc) is 3.34. The van der Waals surface area contributed by atoms with Gasteiger partial charge < -0.3 is 20.1 Å². The Hall–Kier alpha value is -3.99. The molecule has 5 rings (SSSR count). The molecule has 2 N–H and O–H groups in total. The molecule has 2 aromatic heterocycles. The second-order valence-corrected chi connectivity index (χ2v) is 9.96. The number of ether oxygens (including phenoxy) is 2. The first kappa shape index (κ1) is 25.7. The molecule has 0 radical (unpaired) electrons. The zero-order valence-corrected chi connectivity index (χ0v) is 22.2. The number of hydrogen-bond acceptors (Lipinski definition) is 6. The molecule has 4 heterocycles. The van der Waals surface area contributed by atoms with Gasteiger partial charge in [-0.15, -0.1) is 0 Å². The molecule has 0 spiro atoms. The minimum atomic E-state index is 0.0433. The Morgan fingerprint density at radius 1 is 1.03 bits per heavy atom. The minimum Gasteiger partial charge on any atom is -0.497 e. The molecule has 1 aromatic carbocycles. The van der Waals surface area contributed by atoms with Crippen LogP contribution in [0.25, 0.3) is 17.0 Å². The third kappa shape index (κ3) is 5.47. The topological polar surface area (TPSA) is 95.5 Å². The van der Waals surface area contributed by atoms with Gasteiger partial charge in [-0.1, -0.05) is 30.9 Å². The molecule has 2 aliphatic heterocycles. The molecule has 198 valence electrons. The van der Waals surface area contributed by atoms with Crippen LogP contribution in [0.2, 0.25) is 0 Å². The summed E-state index contributed by atoms with van der Waals surface area (Å²) in [6.45, 7) is 1.44. The highest BCUT2D eigenvalue weighted by Gasteiger charge is 2.28. The van der Waals surface area contributed by atoms with Crippen molar-refractivity contribution in [3.8, 4) is 23.3 Å². The van der Waals surface area contributed by atoms with Crippen molar-refractivity contribution in [3.63, 3.8) is 0 Å². The second kappa shape index (κ2) is 11.6.